The van der Waals surface area contributed by atoms with E-state index in [0.29, 0.717) is 5.50 Å². The molecule has 1 aromatic rings. The summed E-state index contributed by atoms with van der Waals surface area (Å²) in [5, 5.41) is 0. The smallest absolute Gasteiger partial charge is 0.247 e. The zero-order valence-electron chi connectivity index (χ0n) is 10.3. The van der Waals surface area contributed by atoms with E-state index in [1.54, 1.807) is 0 Å². The molecule has 0 aliphatic rings. The Kier molecular flexibility index (Phi) is 4.56. The molecule has 0 aliphatic carbocycles. The normalized spacial score (nSPS) is 12.8. The van der Waals surface area contributed by atoms with Crippen LogP contribution in [0.15, 0.2) is 30.3 Å². The van der Waals surface area contributed by atoms with E-state index in [4.69, 9.17) is 21.1 Å². The molecular weight excluding hydrogens is 240 g/mol. The molecule has 16 heavy (non-hydrogen) atoms. The molecule has 0 fully saturated rings. The number of hydrogen-bond acceptors (Lipinski definition) is 2. The minimum Gasteiger partial charge on any atom is -0.285 e. The van der Waals surface area contributed by atoms with E-state index in [2.05, 4.69) is 0 Å². The molecule has 4 heteroatoms. The summed E-state index contributed by atoms with van der Waals surface area (Å²) in [7, 11) is -1.88. The number of hydrogen-bond donors (Lipinski definition) is 0. The average molecular weight is 259 g/mol. The largest absolute Gasteiger partial charge is 0.285 e. The summed E-state index contributed by atoms with van der Waals surface area (Å²) in [5.41, 5.74) is 1.17. The average Bonchev–Trinajstić information content (AvgIpc) is 2.28. The molecule has 0 saturated carbocycles. The zero-order valence-corrected chi connectivity index (χ0v) is 12.0. The van der Waals surface area contributed by atoms with Crippen molar-refractivity contribution < 1.29 is 9.46 Å². The molecule has 0 radical (unpaired) electrons. The van der Waals surface area contributed by atoms with E-state index in [-0.39, 0.29) is 0 Å². The third-order valence-corrected chi connectivity index (χ3v) is 5.38. The molecule has 0 unspecified atom stereocenters. The van der Waals surface area contributed by atoms with Gasteiger partial charge in [-0.05, 0) is 32.5 Å². The number of benzene rings is 1. The first kappa shape index (κ1) is 13.7. The summed E-state index contributed by atoms with van der Waals surface area (Å²) in [6.45, 7) is 8.03. The second kappa shape index (κ2) is 5.32. The van der Waals surface area contributed by atoms with Gasteiger partial charge in [-0.3, -0.25) is 4.58 Å². The molecular formula is C12H19ClO2Si. The molecule has 0 saturated heterocycles. The maximum absolute atomic E-state index is 5.82. The Balaban J connectivity index is 2.66. The van der Waals surface area contributed by atoms with Gasteiger partial charge in [-0.2, -0.15) is 0 Å². The van der Waals surface area contributed by atoms with Crippen molar-refractivity contribution >= 4 is 19.9 Å². The molecule has 1 aromatic carbocycles. The molecule has 0 amide bonds. The summed E-state index contributed by atoms with van der Waals surface area (Å²) < 4.78 is 5.50. The van der Waals surface area contributed by atoms with Crippen LogP contribution in [0.1, 0.15) is 19.4 Å². The topological polar surface area (TPSA) is 18.5 Å². The van der Waals surface area contributed by atoms with Gasteiger partial charge in [0, 0.05) is 5.50 Å². The van der Waals surface area contributed by atoms with Gasteiger partial charge < -0.3 is 0 Å². The van der Waals surface area contributed by atoms with Crippen molar-refractivity contribution in [3.63, 3.8) is 0 Å². The van der Waals surface area contributed by atoms with E-state index < -0.39 is 13.9 Å². The predicted molar refractivity (Wildman–Crippen MR) is 69.8 cm³/mol. The van der Waals surface area contributed by atoms with Gasteiger partial charge in [0.05, 0.1) is 0 Å². The summed E-state index contributed by atoms with van der Waals surface area (Å²) >= 11 is 5.82. The van der Waals surface area contributed by atoms with Crippen molar-refractivity contribution in [3.05, 3.63) is 35.9 Å². The van der Waals surface area contributed by atoms with Crippen LogP contribution in [0.4, 0.5) is 0 Å². The van der Waals surface area contributed by atoms with Gasteiger partial charge in [-0.25, -0.2) is 4.89 Å². The molecule has 0 aromatic heterocycles. The van der Waals surface area contributed by atoms with Crippen molar-refractivity contribution in [1.82, 2.24) is 0 Å². The van der Waals surface area contributed by atoms with Crippen LogP contribution >= 0.6 is 11.6 Å². The molecule has 0 bridgehead atoms. The van der Waals surface area contributed by atoms with Gasteiger partial charge in [-0.1, -0.05) is 30.3 Å². The van der Waals surface area contributed by atoms with Crippen LogP contribution in [0.2, 0.25) is 13.1 Å². The van der Waals surface area contributed by atoms with Gasteiger partial charge >= 0.3 is 0 Å². The monoisotopic (exact) mass is 258 g/mol. The summed E-state index contributed by atoms with van der Waals surface area (Å²) in [5.74, 6) is 0. The fraction of sp³-hybridized carbons (Fsp3) is 0.500. The zero-order chi connectivity index (χ0) is 12.2. The SMILES string of the molecule is CC(C)(OO[Si](C)(C)CCl)c1ccccc1. The van der Waals surface area contributed by atoms with E-state index in [1.807, 2.05) is 57.3 Å². The number of halogens is 1. The van der Waals surface area contributed by atoms with Gasteiger partial charge in [-0.15, -0.1) is 11.6 Å². The summed E-state index contributed by atoms with van der Waals surface area (Å²) in [6.07, 6.45) is 0. The Bertz CT molecular complexity index is 325. The maximum Gasteiger partial charge on any atom is 0.247 e. The first-order valence-electron chi connectivity index (χ1n) is 5.36. The van der Waals surface area contributed by atoms with Crippen LogP contribution in [-0.4, -0.2) is 13.8 Å². The molecule has 0 spiro atoms. The van der Waals surface area contributed by atoms with E-state index in [1.165, 1.54) is 0 Å². The van der Waals surface area contributed by atoms with E-state index in [0.717, 1.165) is 5.56 Å². The van der Waals surface area contributed by atoms with Crippen molar-refractivity contribution in [2.75, 3.05) is 5.50 Å². The lowest BCUT2D eigenvalue weighted by Gasteiger charge is -2.29. The number of alkyl halides is 1. The van der Waals surface area contributed by atoms with E-state index >= 15 is 0 Å². The molecule has 90 valence electrons. The molecule has 2 nitrogen and oxygen atoms in total. The minimum absolute atomic E-state index is 0.447. The highest BCUT2D eigenvalue weighted by Crippen LogP contribution is 2.26. The summed E-state index contributed by atoms with van der Waals surface area (Å²) in [4.78, 5) is 5.55. The molecule has 0 aliphatic heterocycles. The fourth-order valence-electron chi connectivity index (χ4n) is 1.13. The molecule has 0 N–H and O–H groups in total. The standard InChI is InChI=1S/C12H19ClO2Si/c1-12(2,11-8-6-5-7-9-11)14-15-16(3,4)10-13/h5-9H,10H2,1-4H3. The van der Waals surface area contributed by atoms with Crippen LogP contribution in [0, 0.1) is 0 Å². The number of rotatable bonds is 5. The third kappa shape index (κ3) is 3.90. The van der Waals surface area contributed by atoms with Crippen molar-refractivity contribution in [3.8, 4) is 0 Å². The lowest BCUT2D eigenvalue weighted by Crippen LogP contribution is -2.37. The first-order chi connectivity index (χ1) is 7.37. The Hall–Kier alpha value is -0.353. The second-order valence-corrected chi connectivity index (χ2v) is 9.69. The van der Waals surface area contributed by atoms with Gasteiger partial charge in [0.25, 0.3) is 0 Å². The van der Waals surface area contributed by atoms with Crippen molar-refractivity contribution in [1.29, 1.82) is 0 Å². The predicted octanol–water partition coefficient (Wildman–Crippen LogP) is 3.85. The van der Waals surface area contributed by atoms with Crippen LogP contribution < -0.4 is 0 Å². The lowest BCUT2D eigenvalue weighted by molar-refractivity contribution is -0.296. The second-order valence-electron chi connectivity index (χ2n) is 4.94. The Morgan fingerprint density at radius 2 is 1.75 bits per heavy atom. The Morgan fingerprint density at radius 1 is 1.19 bits per heavy atom. The van der Waals surface area contributed by atoms with Crippen LogP contribution in [0.3, 0.4) is 0 Å². The molecule has 0 atom stereocenters. The highest BCUT2D eigenvalue weighted by Gasteiger charge is 2.29. The minimum atomic E-state index is -1.88. The molecule has 0 heterocycles. The van der Waals surface area contributed by atoms with Crippen LogP contribution in [0.25, 0.3) is 0 Å². The van der Waals surface area contributed by atoms with Gasteiger partial charge in [0.15, 0.2) is 0 Å². The maximum atomic E-state index is 5.82. The highest BCUT2D eigenvalue weighted by molar-refractivity contribution is 6.77. The Morgan fingerprint density at radius 3 is 2.25 bits per heavy atom. The highest BCUT2D eigenvalue weighted by atomic mass is 35.5. The third-order valence-electron chi connectivity index (χ3n) is 2.27. The van der Waals surface area contributed by atoms with Gasteiger partial charge in [0.2, 0.25) is 8.32 Å². The van der Waals surface area contributed by atoms with Crippen molar-refractivity contribution in [2.24, 2.45) is 0 Å². The quantitative estimate of drug-likeness (QED) is 0.346. The van der Waals surface area contributed by atoms with E-state index in [9.17, 15) is 0 Å². The molecule has 1 rings (SSSR count). The van der Waals surface area contributed by atoms with Crippen LogP contribution in [0.5, 0.6) is 0 Å². The first-order valence-corrected chi connectivity index (χ1v) is 9.01. The fourth-order valence-corrected chi connectivity index (χ4v) is 1.74. The Labute approximate surface area is 104 Å². The lowest BCUT2D eigenvalue weighted by atomic mass is 9.99. The van der Waals surface area contributed by atoms with Crippen molar-refractivity contribution in [2.45, 2.75) is 32.5 Å². The summed E-state index contributed by atoms with van der Waals surface area (Å²) in [6, 6.07) is 10.0. The van der Waals surface area contributed by atoms with Crippen LogP contribution in [-0.2, 0) is 15.1 Å². The van der Waals surface area contributed by atoms with Gasteiger partial charge in [0.1, 0.15) is 5.60 Å².